The molecule has 0 spiro atoms. The number of rotatable bonds is 5. The summed E-state index contributed by atoms with van der Waals surface area (Å²) in [5.41, 5.74) is 0.971. The van der Waals surface area contributed by atoms with E-state index in [1.165, 1.54) is 0 Å². The quantitative estimate of drug-likeness (QED) is 0.476. The van der Waals surface area contributed by atoms with Gasteiger partial charge in [0.1, 0.15) is 11.0 Å². The zero-order valence-electron chi connectivity index (χ0n) is 10.9. The molecule has 1 heterocycles. The molecule has 0 fully saturated rings. The molecule has 106 valence electrons. The molecule has 0 saturated carbocycles. The Labute approximate surface area is 141 Å². The molecule has 0 saturated heterocycles. The van der Waals surface area contributed by atoms with Crippen LogP contribution in [-0.4, -0.2) is 9.97 Å². The highest BCUT2D eigenvalue weighted by molar-refractivity contribution is 9.10. The van der Waals surface area contributed by atoms with Crippen LogP contribution in [0.3, 0.4) is 0 Å². The average molecular weight is 392 g/mol. The predicted molar refractivity (Wildman–Crippen MR) is 89.8 cm³/mol. The van der Waals surface area contributed by atoms with Gasteiger partial charge < -0.3 is 0 Å². The van der Waals surface area contributed by atoms with E-state index in [4.69, 9.17) is 23.2 Å². The minimum absolute atomic E-state index is 0.482. The van der Waals surface area contributed by atoms with Crippen LogP contribution < -0.4 is 0 Å². The summed E-state index contributed by atoms with van der Waals surface area (Å²) in [7, 11) is 0. The van der Waals surface area contributed by atoms with E-state index in [9.17, 15) is 0 Å². The largest absolute Gasteiger partial charge is 0.236 e. The lowest BCUT2D eigenvalue weighted by Crippen LogP contribution is -2.00. The molecule has 1 aromatic heterocycles. The van der Waals surface area contributed by atoms with Gasteiger partial charge in [0.25, 0.3) is 0 Å². The van der Waals surface area contributed by atoms with Crippen LogP contribution in [0.15, 0.2) is 33.6 Å². The average Bonchev–Trinajstić information content (AvgIpc) is 2.44. The summed E-state index contributed by atoms with van der Waals surface area (Å²) >= 11 is 17.1. The Morgan fingerprint density at radius 2 is 1.85 bits per heavy atom. The Kier molecular flexibility index (Phi) is 6.15. The number of hydrogen-bond acceptors (Lipinski definition) is 3. The van der Waals surface area contributed by atoms with Gasteiger partial charge in [-0.15, -0.1) is 11.8 Å². The monoisotopic (exact) mass is 390 g/mol. The van der Waals surface area contributed by atoms with Crippen molar-refractivity contribution < 1.29 is 0 Å². The van der Waals surface area contributed by atoms with Crippen LogP contribution in [0.1, 0.15) is 24.9 Å². The van der Waals surface area contributed by atoms with Crippen molar-refractivity contribution in [2.75, 3.05) is 0 Å². The van der Waals surface area contributed by atoms with Crippen LogP contribution in [0.25, 0.3) is 0 Å². The van der Waals surface area contributed by atoms with Crippen molar-refractivity contribution in [1.29, 1.82) is 0 Å². The van der Waals surface area contributed by atoms with Crippen LogP contribution >= 0.6 is 50.9 Å². The first-order valence-corrected chi connectivity index (χ1v) is 8.72. The summed E-state index contributed by atoms with van der Waals surface area (Å²) in [4.78, 5) is 10.0. The van der Waals surface area contributed by atoms with E-state index in [1.54, 1.807) is 11.8 Å². The zero-order chi connectivity index (χ0) is 14.5. The molecule has 0 aliphatic carbocycles. The SMILES string of the molecule is CCCc1nc(CSc2ccc(Cl)cc2)nc(Cl)c1Br. The molecule has 0 amide bonds. The van der Waals surface area contributed by atoms with Gasteiger partial charge in [-0.3, -0.25) is 0 Å². The Bertz CT molecular complexity index is 590. The highest BCUT2D eigenvalue weighted by atomic mass is 79.9. The Hall–Kier alpha value is -0.290. The summed E-state index contributed by atoms with van der Waals surface area (Å²) in [6.45, 7) is 2.12. The van der Waals surface area contributed by atoms with Gasteiger partial charge >= 0.3 is 0 Å². The topological polar surface area (TPSA) is 25.8 Å². The lowest BCUT2D eigenvalue weighted by Gasteiger charge is -2.07. The van der Waals surface area contributed by atoms with Crippen LogP contribution in [0, 0.1) is 0 Å². The summed E-state index contributed by atoms with van der Waals surface area (Å²) < 4.78 is 0.807. The number of benzene rings is 1. The van der Waals surface area contributed by atoms with Gasteiger partial charge in [0.15, 0.2) is 0 Å². The molecule has 0 aliphatic rings. The Balaban J connectivity index is 2.11. The van der Waals surface area contributed by atoms with Gasteiger partial charge in [0.2, 0.25) is 0 Å². The van der Waals surface area contributed by atoms with E-state index >= 15 is 0 Å². The van der Waals surface area contributed by atoms with E-state index in [-0.39, 0.29) is 0 Å². The standard InChI is InChI=1S/C14H13BrCl2N2S/c1-2-3-11-13(15)14(17)19-12(18-11)8-20-10-6-4-9(16)5-7-10/h4-7H,2-3,8H2,1H3. The Morgan fingerprint density at radius 3 is 2.50 bits per heavy atom. The molecule has 0 N–H and O–H groups in total. The molecule has 6 heteroatoms. The summed E-state index contributed by atoms with van der Waals surface area (Å²) in [5.74, 6) is 1.44. The second kappa shape index (κ2) is 7.64. The number of halogens is 3. The number of aryl methyl sites for hydroxylation is 1. The minimum atomic E-state index is 0.482. The van der Waals surface area contributed by atoms with Gasteiger partial charge in [0, 0.05) is 9.92 Å². The molecule has 20 heavy (non-hydrogen) atoms. The van der Waals surface area contributed by atoms with E-state index in [0.29, 0.717) is 10.9 Å². The van der Waals surface area contributed by atoms with Gasteiger partial charge in [0.05, 0.1) is 15.9 Å². The molecule has 1 aromatic carbocycles. The van der Waals surface area contributed by atoms with Crippen LogP contribution in [0.5, 0.6) is 0 Å². The van der Waals surface area contributed by atoms with Gasteiger partial charge in [-0.25, -0.2) is 9.97 Å². The maximum absolute atomic E-state index is 6.13. The first-order valence-electron chi connectivity index (χ1n) is 6.19. The van der Waals surface area contributed by atoms with Crippen molar-refractivity contribution in [3.63, 3.8) is 0 Å². The number of aromatic nitrogens is 2. The third-order valence-corrected chi connectivity index (χ3v) is 5.19. The maximum Gasteiger partial charge on any atom is 0.147 e. The highest BCUT2D eigenvalue weighted by Crippen LogP contribution is 2.27. The minimum Gasteiger partial charge on any atom is -0.236 e. The van der Waals surface area contributed by atoms with Gasteiger partial charge in [-0.05, 0) is 46.6 Å². The van der Waals surface area contributed by atoms with Crippen LogP contribution in [0.4, 0.5) is 0 Å². The van der Waals surface area contributed by atoms with Crippen molar-refractivity contribution in [3.8, 4) is 0 Å². The lowest BCUT2D eigenvalue weighted by atomic mass is 10.2. The van der Waals surface area contributed by atoms with E-state index in [0.717, 1.165) is 38.8 Å². The first kappa shape index (κ1) is 16.1. The second-order valence-electron chi connectivity index (χ2n) is 4.18. The molecule has 0 radical (unpaired) electrons. The summed E-state index contributed by atoms with van der Waals surface area (Å²) in [6, 6.07) is 7.73. The fourth-order valence-corrected chi connectivity index (χ4v) is 3.12. The fourth-order valence-electron chi connectivity index (χ4n) is 1.66. The third kappa shape index (κ3) is 4.35. The van der Waals surface area contributed by atoms with Gasteiger partial charge in [-0.1, -0.05) is 36.5 Å². The molecule has 2 aromatic rings. The Morgan fingerprint density at radius 1 is 1.15 bits per heavy atom. The smallest absolute Gasteiger partial charge is 0.147 e. The second-order valence-corrected chi connectivity index (χ2v) is 6.82. The first-order chi connectivity index (χ1) is 9.60. The lowest BCUT2D eigenvalue weighted by molar-refractivity contribution is 0.845. The fraction of sp³-hybridized carbons (Fsp3) is 0.286. The number of nitrogens with zero attached hydrogens (tertiary/aromatic N) is 2. The van der Waals surface area contributed by atoms with E-state index in [1.807, 2.05) is 24.3 Å². The zero-order valence-corrected chi connectivity index (χ0v) is 14.8. The molecular formula is C14H13BrCl2N2S. The number of hydrogen-bond donors (Lipinski definition) is 0. The van der Waals surface area contributed by atoms with Crippen LogP contribution in [0.2, 0.25) is 10.2 Å². The van der Waals surface area contributed by atoms with Crippen LogP contribution in [-0.2, 0) is 12.2 Å². The molecule has 0 aliphatic heterocycles. The normalized spacial score (nSPS) is 10.8. The molecule has 2 rings (SSSR count). The molecular weight excluding hydrogens is 379 g/mol. The molecule has 0 unspecified atom stereocenters. The van der Waals surface area contributed by atoms with Crippen molar-refractivity contribution in [1.82, 2.24) is 9.97 Å². The van der Waals surface area contributed by atoms with Crippen molar-refractivity contribution in [2.24, 2.45) is 0 Å². The van der Waals surface area contributed by atoms with Gasteiger partial charge in [-0.2, -0.15) is 0 Å². The molecule has 0 atom stereocenters. The van der Waals surface area contributed by atoms with Crippen molar-refractivity contribution in [2.45, 2.75) is 30.4 Å². The van der Waals surface area contributed by atoms with Crippen molar-refractivity contribution >= 4 is 50.9 Å². The summed E-state index contributed by atoms with van der Waals surface area (Å²) in [6.07, 6.45) is 1.91. The predicted octanol–water partition coefficient (Wildman–Crippen LogP) is 5.79. The summed E-state index contributed by atoms with van der Waals surface area (Å²) in [5, 5.41) is 1.22. The van der Waals surface area contributed by atoms with E-state index in [2.05, 4.69) is 32.8 Å². The number of thioether (sulfide) groups is 1. The molecule has 0 bridgehead atoms. The third-order valence-electron chi connectivity index (χ3n) is 2.59. The van der Waals surface area contributed by atoms with Crippen molar-refractivity contribution in [3.05, 3.63) is 50.4 Å². The highest BCUT2D eigenvalue weighted by Gasteiger charge is 2.10. The molecule has 2 nitrogen and oxygen atoms in total. The van der Waals surface area contributed by atoms with E-state index < -0.39 is 0 Å². The maximum atomic E-state index is 6.13.